The van der Waals surface area contributed by atoms with Gasteiger partial charge in [0.05, 0.1) is 18.8 Å². The first kappa shape index (κ1) is 14.1. The van der Waals surface area contributed by atoms with Gasteiger partial charge < -0.3 is 15.0 Å². The van der Waals surface area contributed by atoms with Gasteiger partial charge in [-0.15, -0.1) is 0 Å². The Morgan fingerprint density at radius 2 is 2.25 bits per heavy atom. The van der Waals surface area contributed by atoms with Crippen molar-refractivity contribution < 1.29 is 4.74 Å². The van der Waals surface area contributed by atoms with Crippen molar-refractivity contribution in [2.75, 3.05) is 29.9 Å². The van der Waals surface area contributed by atoms with E-state index >= 15 is 0 Å². The summed E-state index contributed by atoms with van der Waals surface area (Å²) in [5.41, 5.74) is 0. The van der Waals surface area contributed by atoms with Crippen LogP contribution in [0.4, 0.5) is 11.6 Å². The molecule has 5 nitrogen and oxygen atoms in total. The highest BCUT2D eigenvalue weighted by Gasteiger charge is 2.35. The van der Waals surface area contributed by atoms with Gasteiger partial charge in [-0.05, 0) is 35.7 Å². The molecule has 1 saturated heterocycles. The molecule has 1 aliphatic heterocycles. The van der Waals surface area contributed by atoms with E-state index in [1.54, 1.807) is 6.33 Å². The number of nitrogens with zero attached hydrogens (tertiary/aromatic N) is 3. The fraction of sp³-hybridized carbons (Fsp3) is 0.714. The van der Waals surface area contributed by atoms with E-state index in [1.165, 1.54) is 25.7 Å². The van der Waals surface area contributed by atoms with Crippen molar-refractivity contribution in [2.45, 2.75) is 44.8 Å². The number of nitrogens with one attached hydrogen (secondary N) is 1. The Morgan fingerprint density at radius 1 is 1.40 bits per heavy atom. The molecule has 1 saturated carbocycles. The summed E-state index contributed by atoms with van der Waals surface area (Å²) in [7, 11) is 0. The van der Waals surface area contributed by atoms with E-state index in [9.17, 15) is 0 Å². The average Bonchev–Trinajstić information content (AvgIpc) is 2.49. The largest absolute Gasteiger partial charge is 0.374 e. The molecule has 2 aliphatic rings. The molecule has 0 radical (unpaired) electrons. The van der Waals surface area contributed by atoms with E-state index in [1.807, 2.05) is 0 Å². The van der Waals surface area contributed by atoms with E-state index in [2.05, 4.69) is 43.0 Å². The molecule has 1 aromatic rings. The van der Waals surface area contributed by atoms with E-state index in [-0.39, 0.29) is 0 Å². The topological polar surface area (TPSA) is 50.3 Å². The van der Waals surface area contributed by atoms with Crippen LogP contribution in [0.2, 0.25) is 0 Å². The van der Waals surface area contributed by atoms with Crippen LogP contribution in [-0.2, 0) is 4.74 Å². The van der Waals surface area contributed by atoms with E-state index in [4.69, 9.17) is 4.74 Å². The van der Waals surface area contributed by atoms with Crippen LogP contribution < -0.4 is 10.2 Å². The molecular formula is C14H21BrN4O. The Hall–Kier alpha value is -0.880. The van der Waals surface area contributed by atoms with Crippen molar-refractivity contribution >= 4 is 27.6 Å². The number of hydrogen-bond acceptors (Lipinski definition) is 5. The summed E-state index contributed by atoms with van der Waals surface area (Å²) < 4.78 is 6.90. The van der Waals surface area contributed by atoms with Gasteiger partial charge in [0.25, 0.3) is 0 Å². The standard InChI is InChI=1S/C14H21BrN4O/c1-2-16-13-12(15)14(18-9-17-13)19-7-8-20-11-6-4-3-5-10(11)19/h9-11H,2-8H2,1H3,(H,16,17,18). The Morgan fingerprint density at radius 3 is 3.10 bits per heavy atom. The zero-order valence-electron chi connectivity index (χ0n) is 11.8. The molecule has 1 aliphatic carbocycles. The van der Waals surface area contributed by atoms with Gasteiger partial charge in [0.1, 0.15) is 22.4 Å². The minimum Gasteiger partial charge on any atom is -0.374 e. The first-order chi connectivity index (χ1) is 9.81. The summed E-state index contributed by atoms with van der Waals surface area (Å²) in [5.74, 6) is 1.87. The summed E-state index contributed by atoms with van der Waals surface area (Å²) >= 11 is 3.66. The maximum Gasteiger partial charge on any atom is 0.148 e. The Bertz CT molecular complexity index is 468. The van der Waals surface area contributed by atoms with Crippen LogP contribution in [0.5, 0.6) is 0 Å². The molecule has 2 heterocycles. The minimum atomic E-state index is 0.363. The van der Waals surface area contributed by atoms with Crippen LogP contribution in [0.15, 0.2) is 10.8 Å². The highest BCUT2D eigenvalue weighted by molar-refractivity contribution is 9.10. The third-order valence-electron chi connectivity index (χ3n) is 4.12. The first-order valence-electron chi connectivity index (χ1n) is 7.44. The molecule has 2 atom stereocenters. The summed E-state index contributed by atoms with van der Waals surface area (Å²) in [6, 6.07) is 0.457. The van der Waals surface area contributed by atoms with Gasteiger partial charge in [-0.25, -0.2) is 9.97 Å². The third kappa shape index (κ3) is 2.63. The highest BCUT2D eigenvalue weighted by Crippen LogP contribution is 2.36. The Labute approximate surface area is 128 Å². The number of rotatable bonds is 3. The molecular weight excluding hydrogens is 320 g/mol. The number of hydrogen-bond donors (Lipinski definition) is 1. The monoisotopic (exact) mass is 340 g/mol. The maximum atomic E-state index is 5.94. The number of aromatic nitrogens is 2. The average molecular weight is 341 g/mol. The third-order valence-corrected chi connectivity index (χ3v) is 4.85. The lowest BCUT2D eigenvalue weighted by atomic mass is 9.90. The second-order valence-electron chi connectivity index (χ2n) is 5.34. The van der Waals surface area contributed by atoms with Crippen molar-refractivity contribution in [2.24, 2.45) is 0 Å². The predicted octanol–water partition coefficient (Wildman–Crippen LogP) is 2.82. The highest BCUT2D eigenvalue weighted by atomic mass is 79.9. The van der Waals surface area contributed by atoms with Crippen LogP contribution >= 0.6 is 15.9 Å². The van der Waals surface area contributed by atoms with Crippen LogP contribution in [0.1, 0.15) is 32.6 Å². The molecule has 0 spiro atoms. The predicted molar refractivity (Wildman–Crippen MR) is 83.2 cm³/mol. The smallest absolute Gasteiger partial charge is 0.148 e. The van der Waals surface area contributed by atoms with Crippen molar-refractivity contribution in [3.63, 3.8) is 0 Å². The lowest BCUT2D eigenvalue weighted by molar-refractivity contribution is -0.00904. The van der Waals surface area contributed by atoms with Crippen molar-refractivity contribution in [3.05, 3.63) is 10.8 Å². The SMILES string of the molecule is CCNc1ncnc(N2CCOC3CCCCC32)c1Br. The van der Waals surface area contributed by atoms with E-state index < -0.39 is 0 Å². The molecule has 0 bridgehead atoms. The number of fused-ring (bicyclic) bond motifs is 1. The normalized spacial score (nSPS) is 26.2. The molecule has 6 heteroatoms. The fourth-order valence-electron chi connectivity index (χ4n) is 3.21. The van der Waals surface area contributed by atoms with Crippen molar-refractivity contribution in [3.8, 4) is 0 Å². The van der Waals surface area contributed by atoms with Crippen molar-refractivity contribution in [1.29, 1.82) is 0 Å². The quantitative estimate of drug-likeness (QED) is 0.916. The molecule has 0 amide bonds. The van der Waals surface area contributed by atoms with Gasteiger partial charge in [-0.3, -0.25) is 0 Å². The van der Waals surface area contributed by atoms with Crippen LogP contribution in [0.25, 0.3) is 0 Å². The molecule has 3 rings (SSSR count). The van der Waals surface area contributed by atoms with Gasteiger partial charge in [-0.1, -0.05) is 12.8 Å². The van der Waals surface area contributed by atoms with Gasteiger partial charge in [0, 0.05) is 13.1 Å². The molecule has 2 unspecified atom stereocenters. The van der Waals surface area contributed by atoms with Gasteiger partial charge in [0.2, 0.25) is 0 Å². The zero-order valence-corrected chi connectivity index (χ0v) is 13.4. The van der Waals surface area contributed by atoms with Crippen molar-refractivity contribution in [1.82, 2.24) is 9.97 Å². The number of morpholine rings is 1. The lowest BCUT2D eigenvalue weighted by Crippen LogP contribution is -2.53. The summed E-state index contributed by atoms with van der Waals surface area (Å²) in [4.78, 5) is 11.2. The second kappa shape index (κ2) is 6.26. The number of halogens is 1. The molecule has 2 fully saturated rings. The van der Waals surface area contributed by atoms with Gasteiger partial charge in [-0.2, -0.15) is 0 Å². The number of anilines is 2. The Kier molecular flexibility index (Phi) is 4.41. The maximum absolute atomic E-state index is 5.94. The molecule has 1 aromatic heterocycles. The lowest BCUT2D eigenvalue weighted by Gasteiger charge is -2.44. The summed E-state index contributed by atoms with van der Waals surface area (Å²) in [6.45, 7) is 4.61. The van der Waals surface area contributed by atoms with E-state index in [0.717, 1.165) is 35.8 Å². The molecule has 20 heavy (non-hydrogen) atoms. The van der Waals surface area contributed by atoms with Crippen LogP contribution in [0.3, 0.4) is 0 Å². The Balaban J connectivity index is 1.89. The van der Waals surface area contributed by atoms with Crippen LogP contribution in [-0.4, -0.2) is 41.8 Å². The van der Waals surface area contributed by atoms with Gasteiger partial charge >= 0.3 is 0 Å². The van der Waals surface area contributed by atoms with Crippen LogP contribution in [0, 0.1) is 0 Å². The van der Waals surface area contributed by atoms with E-state index in [0.29, 0.717) is 12.1 Å². The molecule has 110 valence electrons. The summed E-state index contributed by atoms with van der Waals surface area (Å²) in [5, 5.41) is 3.27. The zero-order chi connectivity index (χ0) is 13.9. The van der Waals surface area contributed by atoms with Gasteiger partial charge in [0.15, 0.2) is 0 Å². The summed E-state index contributed by atoms with van der Waals surface area (Å²) in [6.07, 6.45) is 6.93. The molecule has 1 N–H and O–H groups in total. The second-order valence-corrected chi connectivity index (χ2v) is 6.14. The first-order valence-corrected chi connectivity index (χ1v) is 8.23. The molecule has 0 aromatic carbocycles. The fourth-order valence-corrected chi connectivity index (χ4v) is 3.78. The minimum absolute atomic E-state index is 0.363. The number of ether oxygens (including phenoxy) is 1.